The molecule has 0 fully saturated rings. The molecule has 0 radical (unpaired) electrons. The van der Waals surface area contributed by atoms with E-state index in [2.05, 4.69) is 54.0 Å². The number of rotatable bonds is 7. The molecular weight excluding hydrogens is 346 g/mol. The number of hydrogen-bond donors (Lipinski definition) is 2. The lowest BCUT2D eigenvalue weighted by Gasteiger charge is -2.05. The molecule has 136 valence electrons. The molecule has 2 rings (SSSR count). The molecule has 0 atom stereocenters. The van der Waals surface area contributed by atoms with E-state index in [1.54, 1.807) is 18.3 Å². The van der Waals surface area contributed by atoms with Crippen molar-refractivity contribution in [2.24, 2.45) is 5.10 Å². The van der Waals surface area contributed by atoms with E-state index in [1.165, 1.54) is 5.56 Å². The van der Waals surface area contributed by atoms with E-state index in [1.807, 2.05) is 25.1 Å². The van der Waals surface area contributed by atoms with E-state index in [-0.39, 0.29) is 12.5 Å². The molecule has 0 aliphatic heterocycles. The number of nitrogens with zero attached hydrogens (tertiary/aromatic N) is 1. The molecule has 2 aromatic rings. The number of hydrogen-bond acceptors (Lipinski definition) is 3. The van der Waals surface area contributed by atoms with Gasteiger partial charge in [-0.15, -0.1) is 0 Å². The molecule has 0 spiro atoms. The zero-order valence-corrected chi connectivity index (χ0v) is 16.0. The molecular formula is C21H24ClN3O. The Morgan fingerprint density at radius 2 is 1.77 bits per heavy atom. The van der Waals surface area contributed by atoms with Gasteiger partial charge in [-0.05, 0) is 53.8 Å². The Hall–Kier alpha value is -2.59. The van der Waals surface area contributed by atoms with Gasteiger partial charge in [0.05, 0.1) is 12.8 Å². The van der Waals surface area contributed by atoms with Crippen molar-refractivity contribution in [1.82, 2.24) is 5.43 Å². The van der Waals surface area contributed by atoms with Gasteiger partial charge in [0.1, 0.15) is 0 Å². The number of nitrogens with one attached hydrogen (secondary N) is 2. The van der Waals surface area contributed by atoms with Gasteiger partial charge in [0.2, 0.25) is 0 Å². The summed E-state index contributed by atoms with van der Waals surface area (Å²) in [5.74, 6) is 0.303. The Kier molecular flexibility index (Phi) is 7.42. The van der Waals surface area contributed by atoms with Gasteiger partial charge in [0.15, 0.2) is 0 Å². The van der Waals surface area contributed by atoms with Gasteiger partial charge >= 0.3 is 0 Å². The SMILES string of the molecule is CC(/C=N/NC(=O)CNc1ccc(Cl)cc1)=C\c1ccc(C(C)C)cc1. The summed E-state index contributed by atoms with van der Waals surface area (Å²) in [6.07, 6.45) is 3.66. The van der Waals surface area contributed by atoms with Crippen LogP contribution < -0.4 is 10.7 Å². The number of anilines is 1. The van der Waals surface area contributed by atoms with Gasteiger partial charge in [0, 0.05) is 10.7 Å². The predicted octanol–water partition coefficient (Wildman–Crippen LogP) is 5.08. The minimum absolute atomic E-state index is 0.137. The fourth-order valence-electron chi connectivity index (χ4n) is 2.27. The zero-order chi connectivity index (χ0) is 18.9. The fourth-order valence-corrected chi connectivity index (χ4v) is 2.40. The van der Waals surface area contributed by atoms with E-state index in [9.17, 15) is 4.79 Å². The molecule has 0 saturated heterocycles. The van der Waals surface area contributed by atoms with Crippen LogP contribution in [-0.2, 0) is 4.79 Å². The third-order valence-corrected chi connectivity index (χ3v) is 4.00. The summed E-state index contributed by atoms with van der Waals surface area (Å²) in [5, 5.41) is 7.65. The van der Waals surface area contributed by atoms with Crippen LogP contribution >= 0.6 is 11.6 Å². The Balaban J connectivity index is 1.80. The lowest BCUT2D eigenvalue weighted by atomic mass is 10.0. The second kappa shape index (κ2) is 9.78. The summed E-state index contributed by atoms with van der Waals surface area (Å²) in [5.41, 5.74) is 6.71. The first-order valence-electron chi connectivity index (χ1n) is 8.53. The smallest absolute Gasteiger partial charge is 0.259 e. The third kappa shape index (κ3) is 6.73. The van der Waals surface area contributed by atoms with Crippen molar-refractivity contribution < 1.29 is 4.79 Å². The maximum atomic E-state index is 11.8. The minimum Gasteiger partial charge on any atom is -0.376 e. The van der Waals surface area contributed by atoms with Crippen molar-refractivity contribution in [2.75, 3.05) is 11.9 Å². The molecule has 0 unspecified atom stereocenters. The lowest BCUT2D eigenvalue weighted by molar-refractivity contribution is -0.119. The van der Waals surface area contributed by atoms with E-state index in [4.69, 9.17) is 11.6 Å². The van der Waals surface area contributed by atoms with Crippen molar-refractivity contribution >= 4 is 35.5 Å². The van der Waals surface area contributed by atoms with Crippen LogP contribution in [0.4, 0.5) is 5.69 Å². The molecule has 5 heteroatoms. The summed E-state index contributed by atoms with van der Waals surface area (Å²) in [4.78, 5) is 11.8. The third-order valence-electron chi connectivity index (χ3n) is 3.75. The van der Waals surface area contributed by atoms with Crippen LogP contribution in [0.2, 0.25) is 5.02 Å². The maximum Gasteiger partial charge on any atom is 0.259 e. The van der Waals surface area contributed by atoms with Crippen molar-refractivity contribution in [2.45, 2.75) is 26.7 Å². The van der Waals surface area contributed by atoms with E-state index >= 15 is 0 Å². The molecule has 0 aliphatic rings. The second-order valence-electron chi connectivity index (χ2n) is 6.36. The average Bonchev–Trinajstić information content (AvgIpc) is 2.61. The zero-order valence-electron chi connectivity index (χ0n) is 15.3. The first-order valence-corrected chi connectivity index (χ1v) is 8.91. The quantitative estimate of drug-likeness (QED) is 0.528. The van der Waals surface area contributed by atoms with Gasteiger partial charge in [0.25, 0.3) is 5.91 Å². The number of allylic oxidation sites excluding steroid dienone is 1. The fraction of sp³-hybridized carbons (Fsp3) is 0.238. The monoisotopic (exact) mass is 369 g/mol. The second-order valence-corrected chi connectivity index (χ2v) is 6.80. The summed E-state index contributed by atoms with van der Waals surface area (Å²) in [6.45, 7) is 6.43. The number of amides is 1. The van der Waals surface area contributed by atoms with Gasteiger partial charge < -0.3 is 5.32 Å². The van der Waals surface area contributed by atoms with Crippen molar-refractivity contribution in [1.29, 1.82) is 0 Å². The van der Waals surface area contributed by atoms with Crippen LogP contribution in [0.5, 0.6) is 0 Å². The molecule has 0 aromatic heterocycles. The van der Waals surface area contributed by atoms with Crippen LogP contribution in [0.1, 0.15) is 37.8 Å². The summed E-state index contributed by atoms with van der Waals surface area (Å²) >= 11 is 5.82. The average molecular weight is 370 g/mol. The van der Waals surface area contributed by atoms with E-state index in [0.29, 0.717) is 10.9 Å². The standard InChI is InChI=1S/C21H24ClN3O/c1-15(2)18-6-4-17(5-7-18)12-16(3)13-24-25-21(26)14-23-20-10-8-19(22)9-11-20/h4-13,15,23H,14H2,1-3H3,(H,25,26)/b16-12+,24-13+. The lowest BCUT2D eigenvalue weighted by Crippen LogP contribution is -2.25. The largest absolute Gasteiger partial charge is 0.376 e. The highest BCUT2D eigenvalue weighted by atomic mass is 35.5. The van der Waals surface area contributed by atoms with Crippen LogP contribution in [0.3, 0.4) is 0 Å². The molecule has 0 bridgehead atoms. The molecule has 2 aromatic carbocycles. The number of carbonyl (C=O) groups is 1. The molecule has 0 aliphatic carbocycles. The Bertz CT molecular complexity index is 778. The van der Waals surface area contributed by atoms with Crippen LogP contribution in [-0.4, -0.2) is 18.7 Å². The maximum absolute atomic E-state index is 11.8. The predicted molar refractivity (Wildman–Crippen MR) is 111 cm³/mol. The van der Waals surface area contributed by atoms with Gasteiger partial charge in [-0.3, -0.25) is 4.79 Å². The summed E-state index contributed by atoms with van der Waals surface area (Å²) in [7, 11) is 0. The van der Waals surface area contributed by atoms with Gasteiger partial charge in [-0.1, -0.05) is 55.8 Å². The normalized spacial score (nSPS) is 11.8. The molecule has 2 N–H and O–H groups in total. The van der Waals surface area contributed by atoms with E-state index in [0.717, 1.165) is 16.8 Å². The molecule has 0 saturated carbocycles. The highest BCUT2D eigenvalue weighted by molar-refractivity contribution is 6.30. The number of hydrazone groups is 1. The van der Waals surface area contributed by atoms with Crippen LogP contribution in [0.25, 0.3) is 6.08 Å². The van der Waals surface area contributed by atoms with Crippen LogP contribution in [0.15, 0.2) is 59.2 Å². The highest BCUT2D eigenvalue weighted by Gasteiger charge is 2.00. The Morgan fingerprint density at radius 3 is 2.38 bits per heavy atom. The van der Waals surface area contributed by atoms with Crippen molar-refractivity contribution in [3.05, 3.63) is 70.3 Å². The van der Waals surface area contributed by atoms with Gasteiger partial charge in [-0.25, -0.2) is 5.43 Å². The number of halogens is 1. The summed E-state index contributed by atoms with van der Waals surface area (Å²) < 4.78 is 0. The highest BCUT2D eigenvalue weighted by Crippen LogP contribution is 2.16. The van der Waals surface area contributed by atoms with Crippen molar-refractivity contribution in [3.63, 3.8) is 0 Å². The Labute approximate surface area is 160 Å². The molecule has 26 heavy (non-hydrogen) atoms. The van der Waals surface area contributed by atoms with Crippen LogP contribution in [0, 0.1) is 0 Å². The van der Waals surface area contributed by atoms with E-state index < -0.39 is 0 Å². The van der Waals surface area contributed by atoms with Crippen molar-refractivity contribution in [3.8, 4) is 0 Å². The number of carbonyl (C=O) groups excluding carboxylic acids is 1. The number of benzene rings is 2. The molecule has 0 heterocycles. The Morgan fingerprint density at radius 1 is 1.12 bits per heavy atom. The van der Waals surface area contributed by atoms with Gasteiger partial charge in [-0.2, -0.15) is 5.10 Å². The molecule has 4 nitrogen and oxygen atoms in total. The topological polar surface area (TPSA) is 53.5 Å². The minimum atomic E-state index is -0.217. The first kappa shape index (κ1) is 19.7. The first-order chi connectivity index (χ1) is 12.4. The molecule has 1 amide bonds. The summed E-state index contributed by atoms with van der Waals surface area (Å²) in [6, 6.07) is 15.6.